The summed E-state index contributed by atoms with van der Waals surface area (Å²) >= 11 is 5.93. The van der Waals surface area contributed by atoms with E-state index in [0.717, 1.165) is 5.56 Å². The molecular formula is C12H10ClFN2O2. The van der Waals surface area contributed by atoms with Crippen LogP contribution in [0.15, 0.2) is 18.2 Å². The number of carboxylic acid groups (broad SMARTS) is 1. The quantitative estimate of drug-likeness (QED) is 0.911. The monoisotopic (exact) mass is 268 g/mol. The number of rotatable bonds is 2. The van der Waals surface area contributed by atoms with Gasteiger partial charge in [-0.25, -0.2) is 9.18 Å². The lowest BCUT2D eigenvalue weighted by molar-refractivity contribution is 0.0689. The van der Waals surface area contributed by atoms with E-state index in [9.17, 15) is 9.18 Å². The first kappa shape index (κ1) is 12.6. The van der Waals surface area contributed by atoms with Gasteiger partial charge in [-0.05, 0) is 24.6 Å². The highest BCUT2D eigenvalue weighted by Crippen LogP contribution is 2.33. The van der Waals surface area contributed by atoms with Crippen LogP contribution in [0.3, 0.4) is 0 Å². The lowest BCUT2D eigenvalue weighted by Gasteiger charge is -2.09. The molecule has 0 unspecified atom stereocenters. The molecule has 1 heterocycles. The lowest BCUT2D eigenvalue weighted by Crippen LogP contribution is -2.00. The van der Waals surface area contributed by atoms with Crippen LogP contribution in [0.5, 0.6) is 0 Å². The van der Waals surface area contributed by atoms with Crippen molar-refractivity contribution in [3.8, 4) is 11.3 Å². The Morgan fingerprint density at radius 1 is 1.50 bits per heavy atom. The number of aryl methyl sites for hydroxylation is 2. The number of hydrogen-bond donors (Lipinski definition) is 1. The summed E-state index contributed by atoms with van der Waals surface area (Å²) < 4.78 is 14.8. The summed E-state index contributed by atoms with van der Waals surface area (Å²) in [6, 6.07) is 4.23. The second kappa shape index (κ2) is 4.42. The second-order valence-electron chi connectivity index (χ2n) is 3.90. The molecule has 6 heteroatoms. The Hall–Kier alpha value is -1.88. The first-order valence-electron chi connectivity index (χ1n) is 5.14. The van der Waals surface area contributed by atoms with Gasteiger partial charge in [0.15, 0.2) is 5.69 Å². The van der Waals surface area contributed by atoms with Crippen molar-refractivity contribution in [1.82, 2.24) is 9.78 Å². The third-order valence-electron chi connectivity index (χ3n) is 2.66. The van der Waals surface area contributed by atoms with Crippen molar-refractivity contribution < 1.29 is 14.3 Å². The van der Waals surface area contributed by atoms with E-state index >= 15 is 0 Å². The summed E-state index contributed by atoms with van der Waals surface area (Å²) in [6.45, 7) is 1.77. The van der Waals surface area contributed by atoms with Crippen LogP contribution >= 0.6 is 11.6 Å². The number of halogens is 2. The molecule has 4 nitrogen and oxygen atoms in total. The van der Waals surface area contributed by atoms with Crippen LogP contribution in [0.25, 0.3) is 11.3 Å². The number of carbonyl (C=O) groups is 1. The maximum Gasteiger partial charge on any atom is 0.356 e. The topological polar surface area (TPSA) is 55.1 Å². The van der Waals surface area contributed by atoms with E-state index in [1.807, 2.05) is 0 Å². The molecule has 0 aliphatic rings. The molecule has 18 heavy (non-hydrogen) atoms. The van der Waals surface area contributed by atoms with Gasteiger partial charge < -0.3 is 5.11 Å². The Kier molecular flexibility index (Phi) is 3.09. The van der Waals surface area contributed by atoms with Crippen LogP contribution in [0, 0.1) is 12.7 Å². The number of carboxylic acids is 1. The van der Waals surface area contributed by atoms with Crippen LogP contribution in [0.4, 0.5) is 4.39 Å². The van der Waals surface area contributed by atoms with Gasteiger partial charge in [0.1, 0.15) is 5.82 Å². The molecule has 0 spiro atoms. The zero-order valence-corrected chi connectivity index (χ0v) is 10.5. The normalized spacial score (nSPS) is 10.7. The molecule has 0 amide bonds. The minimum atomic E-state index is -1.14. The van der Waals surface area contributed by atoms with Gasteiger partial charge in [0.05, 0.1) is 10.7 Å². The van der Waals surface area contributed by atoms with Gasteiger partial charge in [-0.3, -0.25) is 4.68 Å². The summed E-state index contributed by atoms with van der Waals surface area (Å²) in [6.07, 6.45) is 0. The maximum atomic E-state index is 13.5. The van der Waals surface area contributed by atoms with Crippen molar-refractivity contribution in [2.24, 2.45) is 7.05 Å². The van der Waals surface area contributed by atoms with Crippen molar-refractivity contribution in [3.05, 3.63) is 40.3 Å². The zero-order chi connectivity index (χ0) is 13.4. The van der Waals surface area contributed by atoms with E-state index in [1.165, 1.54) is 16.8 Å². The number of hydrogen-bond acceptors (Lipinski definition) is 2. The predicted molar refractivity (Wildman–Crippen MR) is 65.3 cm³/mol. The average Bonchev–Trinajstić information content (AvgIpc) is 2.67. The molecule has 2 rings (SSSR count). The largest absolute Gasteiger partial charge is 0.476 e. The Morgan fingerprint density at radius 3 is 2.72 bits per heavy atom. The van der Waals surface area contributed by atoms with Crippen molar-refractivity contribution in [2.75, 3.05) is 0 Å². The zero-order valence-electron chi connectivity index (χ0n) is 9.74. The van der Waals surface area contributed by atoms with Gasteiger partial charge in [0.25, 0.3) is 0 Å². The third-order valence-corrected chi connectivity index (χ3v) is 3.03. The molecule has 0 saturated carbocycles. The summed E-state index contributed by atoms with van der Waals surface area (Å²) in [7, 11) is 1.59. The highest BCUT2D eigenvalue weighted by molar-refractivity contribution is 6.33. The van der Waals surface area contributed by atoms with Gasteiger partial charge >= 0.3 is 5.97 Å². The molecule has 0 aliphatic heterocycles. The van der Waals surface area contributed by atoms with Crippen molar-refractivity contribution >= 4 is 17.6 Å². The number of nitrogens with zero attached hydrogens (tertiary/aromatic N) is 2. The molecule has 1 N–H and O–H groups in total. The minimum absolute atomic E-state index is 0.0325. The Morgan fingerprint density at radius 2 is 2.17 bits per heavy atom. The standard InChI is InChI=1S/C12H10ClFN2O2/c1-6-3-4-7(14)11(13)10(6)9-5-8(12(17)18)15-16(9)2/h3-5H,1-2H3,(H,17,18). The van der Waals surface area contributed by atoms with E-state index < -0.39 is 11.8 Å². The number of aromatic nitrogens is 2. The van der Waals surface area contributed by atoms with Crippen molar-refractivity contribution in [3.63, 3.8) is 0 Å². The lowest BCUT2D eigenvalue weighted by atomic mass is 10.0. The van der Waals surface area contributed by atoms with Crippen LogP contribution in [0.2, 0.25) is 5.02 Å². The summed E-state index contributed by atoms with van der Waals surface area (Å²) in [5, 5.41) is 12.7. The summed E-state index contributed by atoms with van der Waals surface area (Å²) in [5.41, 5.74) is 1.57. The molecule has 0 radical (unpaired) electrons. The summed E-state index contributed by atoms with van der Waals surface area (Å²) in [5.74, 6) is -1.68. The molecular weight excluding hydrogens is 259 g/mol. The van der Waals surface area contributed by atoms with Crippen LogP contribution in [-0.4, -0.2) is 20.9 Å². The predicted octanol–water partition coefficient (Wildman–Crippen LogP) is 2.89. The molecule has 2 aromatic rings. The van der Waals surface area contributed by atoms with Gasteiger partial charge in [-0.15, -0.1) is 0 Å². The molecule has 1 aromatic carbocycles. The van der Waals surface area contributed by atoms with E-state index in [2.05, 4.69) is 5.10 Å². The molecule has 0 fully saturated rings. The molecule has 94 valence electrons. The molecule has 1 aromatic heterocycles. The second-order valence-corrected chi connectivity index (χ2v) is 4.27. The number of aromatic carboxylic acids is 1. The Labute approximate surface area is 108 Å². The van der Waals surface area contributed by atoms with Crippen LogP contribution in [0.1, 0.15) is 16.1 Å². The highest BCUT2D eigenvalue weighted by Gasteiger charge is 2.18. The first-order chi connectivity index (χ1) is 8.41. The molecule has 0 saturated heterocycles. The first-order valence-corrected chi connectivity index (χ1v) is 5.52. The van der Waals surface area contributed by atoms with E-state index in [0.29, 0.717) is 11.3 Å². The fraction of sp³-hybridized carbons (Fsp3) is 0.167. The summed E-state index contributed by atoms with van der Waals surface area (Å²) in [4.78, 5) is 10.9. The van der Waals surface area contributed by atoms with E-state index in [4.69, 9.17) is 16.7 Å². The average molecular weight is 269 g/mol. The van der Waals surface area contributed by atoms with E-state index in [-0.39, 0.29) is 10.7 Å². The number of benzene rings is 1. The maximum absolute atomic E-state index is 13.5. The van der Waals surface area contributed by atoms with Crippen LogP contribution in [-0.2, 0) is 7.05 Å². The van der Waals surface area contributed by atoms with Crippen LogP contribution < -0.4 is 0 Å². The van der Waals surface area contributed by atoms with Gasteiger partial charge in [0.2, 0.25) is 0 Å². The van der Waals surface area contributed by atoms with Crippen molar-refractivity contribution in [2.45, 2.75) is 6.92 Å². The smallest absolute Gasteiger partial charge is 0.356 e. The van der Waals surface area contributed by atoms with Gasteiger partial charge in [-0.2, -0.15) is 5.10 Å². The minimum Gasteiger partial charge on any atom is -0.476 e. The molecule has 0 bridgehead atoms. The Balaban J connectivity index is 2.69. The Bertz CT molecular complexity index is 637. The van der Waals surface area contributed by atoms with Crippen molar-refractivity contribution in [1.29, 1.82) is 0 Å². The SMILES string of the molecule is Cc1ccc(F)c(Cl)c1-c1cc(C(=O)O)nn1C. The van der Waals surface area contributed by atoms with Gasteiger partial charge in [0, 0.05) is 12.6 Å². The molecule has 0 aliphatic carbocycles. The van der Waals surface area contributed by atoms with Gasteiger partial charge in [-0.1, -0.05) is 17.7 Å². The molecule has 0 atom stereocenters. The van der Waals surface area contributed by atoms with E-state index in [1.54, 1.807) is 20.0 Å². The third kappa shape index (κ3) is 1.97. The fourth-order valence-electron chi connectivity index (χ4n) is 1.77. The highest BCUT2D eigenvalue weighted by atomic mass is 35.5. The fourth-order valence-corrected chi connectivity index (χ4v) is 2.08.